The van der Waals surface area contributed by atoms with Crippen LogP contribution in [0.15, 0.2) is 18.2 Å². The van der Waals surface area contributed by atoms with Gasteiger partial charge in [-0.1, -0.05) is 6.07 Å². The molecule has 0 saturated carbocycles. The molecule has 0 aliphatic carbocycles. The van der Waals surface area contributed by atoms with Crippen LogP contribution in [0.2, 0.25) is 0 Å². The second-order valence-electron chi connectivity index (χ2n) is 4.80. The minimum atomic E-state index is -0.680. The van der Waals surface area contributed by atoms with E-state index >= 15 is 0 Å². The average Bonchev–Trinajstić information content (AvgIpc) is 2.67. The van der Waals surface area contributed by atoms with Crippen molar-refractivity contribution in [1.29, 1.82) is 0 Å². The van der Waals surface area contributed by atoms with Crippen molar-refractivity contribution < 1.29 is 18.7 Å². The van der Waals surface area contributed by atoms with Crippen molar-refractivity contribution in [2.45, 2.75) is 25.1 Å². The van der Waals surface area contributed by atoms with Crippen LogP contribution in [0.1, 0.15) is 12.0 Å². The Morgan fingerprint density at radius 2 is 2.26 bits per heavy atom. The third kappa shape index (κ3) is 3.27. The highest BCUT2D eigenvalue weighted by Gasteiger charge is 2.33. The standard InChI is InChI=1S/C13H16F2N2O2/c1-17-7-10(18)5-12(17)13(19)16-6-8-2-3-9(14)4-11(8)15/h2-4,10,12,18H,5-7H2,1H3,(H,16,19)/t10?,12-/m0/s1. The van der Waals surface area contributed by atoms with Gasteiger partial charge in [-0.05, 0) is 19.5 Å². The molecule has 0 aromatic heterocycles. The van der Waals surface area contributed by atoms with Crippen molar-refractivity contribution in [3.63, 3.8) is 0 Å². The van der Waals surface area contributed by atoms with Crippen LogP contribution in [0, 0.1) is 11.6 Å². The van der Waals surface area contributed by atoms with Crippen LogP contribution in [0.5, 0.6) is 0 Å². The number of rotatable bonds is 3. The Balaban J connectivity index is 1.93. The Kier molecular flexibility index (Phi) is 4.11. The highest BCUT2D eigenvalue weighted by atomic mass is 19.1. The molecule has 0 bridgehead atoms. The molecule has 0 radical (unpaired) electrons. The second kappa shape index (κ2) is 5.63. The van der Waals surface area contributed by atoms with Crippen molar-refractivity contribution in [3.05, 3.63) is 35.4 Å². The van der Waals surface area contributed by atoms with E-state index in [1.54, 1.807) is 11.9 Å². The Labute approximate surface area is 110 Å². The van der Waals surface area contributed by atoms with Crippen molar-refractivity contribution >= 4 is 5.91 Å². The van der Waals surface area contributed by atoms with E-state index in [0.717, 1.165) is 12.1 Å². The normalized spacial score (nSPS) is 23.6. The molecule has 1 aliphatic heterocycles. The Bertz CT molecular complexity index is 482. The van der Waals surface area contributed by atoms with E-state index in [-0.39, 0.29) is 18.0 Å². The van der Waals surface area contributed by atoms with E-state index in [4.69, 9.17) is 0 Å². The van der Waals surface area contributed by atoms with E-state index in [1.165, 1.54) is 6.07 Å². The summed E-state index contributed by atoms with van der Waals surface area (Å²) in [5.74, 6) is -1.59. The summed E-state index contributed by atoms with van der Waals surface area (Å²) in [7, 11) is 1.75. The lowest BCUT2D eigenvalue weighted by Gasteiger charge is -2.18. The molecular weight excluding hydrogens is 254 g/mol. The average molecular weight is 270 g/mol. The number of nitrogens with one attached hydrogen (secondary N) is 1. The van der Waals surface area contributed by atoms with Crippen LogP contribution in [-0.2, 0) is 11.3 Å². The van der Waals surface area contributed by atoms with Crippen molar-refractivity contribution in [3.8, 4) is 0 Å². The van der Waals surface area contributed by atoms with E-state index < -0.39 is 23.8 Å². The molecule has 4 nitrogen and oxygen atoms in total. The number of β-amino-alcohol motifs (C(OH)–C–C–N with tert-alkyl or cyclic N) is 1. The highest BCUT2D eigenvalue weighted by Crippen LogP contribution is 2.16. The van der Waals surface area contributed by atoms with Crippen molar-refractivity contribution in [1.82, 2.24) is 10.2 Å². The van der Waals surface area contributed by atoms with Gasteiger partial charge in [0.2, 0.25) is 5.91 Å². The van der Waals surface area contributed by atoms with Crippen molar-refractivity contribution in [2.24, 2.45) is 0 Å². The molecule has 1 heterocycles. The molecule has 1 saturated heterocycles. The van der Waals surface area contributed by atoms with Crippen molar-refractivity contribution in [2.75, 3.05) is 13.6 Å². The lowest BCUT2D eigenvalue weighted by Crippen LogP contribution is -2.41. The van der Waals surface area contributed by atoms with Gasteiger partial charge in [0.1, 0.15) is 11.6 Å². The summed E-state index contributed by atoms with van der Waals surface area (Å²) in [5, 5.41) is 12.1. The zero-order valence-corrected chi connectivity index (χ0v) is 10.6. The highest BCUT2D eigenvalue weighted by molar-refractivity contribution is 5.82. The topological polar surface area (TPSA) is 52.6 Å². The number of carbonyl (C=O) groups excluding carboxylic acids is 1. The number of benzene rings is 1. The molecular formula is C13H16F2N2O2. The molecule has 1 aliphatic rings. The summed E-state index contributed by atoms with van der Waals surface area (Å²) >= 11 is 0. The van der Waals surface area contributed by atoms with E-state index in [0.29, 0.717) is 13.0 Å². The number of halogens is 2. The monoisotopic (exact) mass is 270 g/mol. The third-order valence-corrected chi connectivity index (χ3v) is 3.30. The molecule has 104 valence electrons. The number of hydrogen-bond donors (Lipinski definition) is 2. The van der Waals surface area contributed by atoms with Crippen LogP contribution in [0.25, 0.3) is 0 Å². The minimum absolute atomic E-state index is 0.00534. The van der Waals surface area contributed by atoms with Crippen LogP contribution < -0.4 is 5.32 Å². The van der Waals surface area contributed by atoms with Gasteiger partial charge in [-0.2, -0.15) is 0 Å². The van der Waals surface area contributed by atoms with Crippen LogP contribution in [0.3, 0.4) is 0 Å². The van der Waals surface area contributed by atoms with Crippen LogP contribution >= 0.6 is 0 Å². The fourth-order valence-electron chi connectivity index (χ4n) is 2.24. The first-order valence-corrected chi connectivity index (χ1v) is 6.07. The second-order valence-corrected chi connectivity index (χ2v) is 4.80. The number of likely N-dealkylation sites (N-methyl/N-ethyl adjacent to an activating group) is 1. The van der Waals surface area contributed by atoms with Crippen LogP contribution in [-0.4, -0.2) is 41.7 Å². The number of amides is 1. The Morgan fingerprint density at radius 3 is 2.84 bits per heavy atom. The van der Waals surface area contributed by atoms with Gasteiger partial charge in [-0.3, -0.25) is 9.69 Å². The largest absolute Gasteiger partial charge is 0.392 e. The number of carbonyl (C=O) groups is 1. The molecule has 0 spiro atoms. The fraction of sp³-hybridized carbons (Fsp3) is 0.462. The van der Waals surface area contributed by atoms with Gasteiger partial charge in [0.25, 0.3) is 0 Å². The van der Waals surface area contributed by atoms with Gasteiger partial charge in [0.15, 0.2) is 0 Å². The molecule has 1 fully saturated rings. The maximum absolute atomic E-state index is 13.4. The zero-order chi connectivity index (χ0) is 14.0. The SMILES string of the molecule is CN1CC(O)C[C@H]1C(=O)NCc1ccc(F)cc1F. The summed E-state index contributed by atoms with van der Waals surface area (Å²) in [6.45, 7) is 0.453. The third-order valence-electron chi connectivity index (χ3n) is 3.30. The van der Waals surface area contributed by atoms with Crippen LogP contribution in [0.4, 0.5) is 8.78 Å². The van der Waals surface area contributed by atoms with Gasteiger partial charge >= 0.3 is 0 Å². The first kappa shape index (κ1) is 13.9. The summed E-state index contributed by atoms with van der Waals surface area (Å²) in [4.78, 5) is 13.6. The predicted octanol–water partition coefficient (Wildman–Crippen LogP) is 0.646. The molecule has 6 heteroatoms. The summed E-state index contributed by atoms with van der Waals surface area (Å²) in [6.07, 6.45) is -0.142. The number of aliphatic hydroxyl groups excluding tert-OH is 1. The Morgan fingerprint density at radius 1 is 1.53 bits per heavy atom. The maximum Gasteiger partial charge on any atom is 0.237 e. The molecule has 1 aromatic rings. The summed E-state index contributed by atoms with van der Waals surface area (Å²) in [5.41, 5.74) is 0.232. The van der Waals surface area contributed by atoms with Gasteiger partial charge in [-0.25, -0.2) is 8.78 Å². The minimum Gasteiger partial charge on any atom is -0.392 e. The number of hydrogen-bond acceptors (Lipinski definition) is 3. The number of aliphatic hydroxyl groups is 1. The number of nitrogens with zero attached hydrogens (tertiary/aromatic N) is 1. The molecule has 19 heavy (non-hydrogen) atoms. The smallest absolute Gasteiger partial charge is 0.237 e. The quantitative estimate of drug-likeness (QED) is 0.848. The van der Waals surface area contributed by atoms with Gasteiger partial charge in [-0.15, -0.1) is 0 Å². The zero-order valence-electron chi connectivity index (χ0n) is 10.6. The molecule has 2 rings (SSSR count). The van der Waals surface area contributed by atoms with E-state index in [9.17, 15) is 18.7 Å². The van der Waals surface area contributed by atoms with E-state index in [2.05, 4.69) is 5.32 Å². The Hall–Kier alpha value is -1.53. The number of likely N-dealkylation sites (tertiary alicyclic amines) is 1. The molecule has 2 atom stereocenters. The molecule has 1 unspecified atom stereocenters. The van der Waals surface area contributed by atoms with E-state index in [1.807, 2.05) is 0 Å². The first-order valence-electron chi connectivity index (χ1n) is 6.07. The molecule has 1 aromatic carbocycles. The van der Waals surface area contributed by atoms with Gasteiger partial charge < -0.3 is 10.4 Å². The lowest BCUT2D eigenvalue weighted by molar-refractivity contribution is -0.125. The fourth-order valence-corrected chi connectivity index (χ4v) is 2.24. The van der Waals surface area contributed by atoms with Gasteiger partial charge in [0, 0.05) is 24.7 Å². The molecule has 1 amide bonds. The first-order chi connectivity index (χ1) is 8.97. The molecule has 2 N–H and O–H groups in total. The predicted molar refractivity (Wildman–Crippen MR) is 65.2 cm³/mol. The summed E-state index contributed by atoms with van der Waals surface area (Å²) in [6, 6.07) is 2.83. The lowest BCUT2D eigenvalue weighted by atomic mass is 10.1. The maximum atomic E-state index is 13.4. The van der Waals surface area contributed by atoms with Gasteiger partial charge in [0.05, 0.1) is 12.1 Å². The summed E-state index contributed by atoms with van der Waals surface area (Å²) < 4.78 is 26.1.